The van der Waals surface area contributed by atoms with Gasteiger partial charge in [0.15, 0.2) is 5.78 Å². The minimum atomic E-state index is -1.23. The number of nitrogens with zero attached hydrogens (tertiary/aromatic N) is 3. The molecule has 7 aliphatic rings. The summed E-state index contributed by atoms with van der Waals surface area (Å²) in [6, 6.07) is -1.36. The molecule has 1 saturated carbocycles. The molecule has 8 bridgehead atoms. The third-order valence-electron chi connectivity index (χ3n) is 15.7. The van der Waals surface area contributed by atoms with Gasteiger partial charge in [-0.05, 0) is 37.7 Å². The molecule has 3 fully saturated rings. The van der Waals surface area contributed by atoms with Crippen LogP contribution in [0.3, 0.4) is 0 Å². The Morgan fingerprint density at radius 2 is 1.48 bits per heavy atom. The number of carboxylic acid groups (broad SMARTS) is 1. The van der Waals surface area contributed by atoms with Crippen LogP contribution in [0.2, 0.25) is 0 Å². The van der Waals surface area contributed by atoms with Crippen LogP contribution in [0.1, 0.15) is 104 Å². The minimum Gasteiger partial charge on any atom is -0.481 e. The summed E-state index contributed by atoms with van der Waals surface area (Å²) in [6.07, 6.45) is 2.39. The fourth-order valence-corrected chi connectivity index (χ4v) is 12.4. The molecule has 0 radical (unpaired) electrons. The molecule has 6 aliphatic heterocycles. The number of methoxy groups -OCH3 is 4. The zero-order valence-corrected chi connectivity index (χ0v) is 37.9. The van der Waals surface area contributed by atoms with E-state index in [9.17, 15) is 43.5 Å². The summed E-state index contributed by atoms with van der Waals surface area (Å²) in [5.74, 6) is -7.70. The first-order valence-corrected chi connectivity index (χ1v) is 22.4. The van der Waals surface area contributed by atoms with Gasteiger partial charge in [-0.15, -0.1) is 0 Å². The maximum Gasteiger partial charge on any atom is 0.306 e. The van der Waals surface area contributed by atoms with E-state index in [0.717, 1.165) is 0 Å². The summed E-state index contributed by atoms with van der Waals surface area (Å²) in [5, 5.41) is 17.3. The number of ketones is 1. The molecule has 2 amide bonds. The monoisotopic (exact) mass is 904 g/mol. The van der Waals surface area contributed by atoms with Crippen molar-refractivity contribution in [2.75, 3.05) is 28.4 Å². The summed E-state index contributed by atoms with van der Waals surface area (Å²) >= 11 is 0. The SMILES string of the molecule is COC(=O)CC[C@@H]1/C2=C3\C(=O)CC[C@@H]4C3=N[C@H](CC3=N[C@@H](C[C@]56NC(=O)C[C@@]5(C)[C@H](CCC(=O)OC)C(=CC(=N2)[C@H]1CC(=O)OC)N6)[C@@H](CCC(=O)OC)[C@]3(C)CC(N)=O)[C@H]4CC(=O)O. The van der Waals surface area contributed by atoms with Gasteiger partial charge in [0.1, 0.15) is 5.66 Å². The number of esters is 4. The zero-order chi connectivity index (χ0) is 47.2. The third-order valence-corrected chi connectivity index (χ3v) is 15.7. The second-order valence-electron chi connectivity index (χ2n) is 19.1. The van der Waals surface area contributed by atoms with E-state index >= 15 is 0 Å². The molecule has 0 aromatic rings. The van der Waals surface area contributed by atoms with Gasteiger partial charge in [-0.25, -0.2) is 0 Å². The van der Waals surface area contributed by atoms with Crippen molar-refractivity contribution in [1.29, 1.82) is 0 Å². The summed E-state index contributed by atoms with van der Waals surface area (Å²) in [4.78, 5) is 122. The highest BCUT2D eigenvalue weighted by Crippen LogP contribution is 2.59. The number of amides is 2. The first-order chi connectivity index (χ1) is 30.8. The van der Waals surface area contributed by atoms with Crippen LogP contribution in [0.5, 0.6) is 0 Å². The molecule has 6 heterocycles. The van der Waals surface area contributed by atoms with Crippen LogP contribution in [-0.4, -0.2) is 116 Å². The van der Waals surface area contributed by atoms with Crippen LogP contribution < -0.4 is 16.4 Å². The van der Waals surface area contributed by atoms with Gasteiger partial charge in [0.2, 0.25) is 11.8 Å². The number of aliphatic imine (C=N–C) groups is 3. The van der Waals surface area contributed by atoms with Crippen LogP contribution in [0.4, 0.5) is 0 Å². The number of hydrogen-bond donors (Lipinski definition) is 4. The minimum absolute atomic E-state index is 0.00601. The van der Waals surface area contributed by atoms with Crippen molar-refractivity contribution in [1.82, 2.24) is 10.6 Å². The molecular weight excluding hydrogens is 845 g/mol. The lowest BCUT2D eigenvalue weighted by molar-refractivity contribution is -0.142. The van der Waals surface area contributed by atoms with E-state index in [-0.39, 0.29) is 101 Å². The van der Waals surface area contributed by atoms with Crippen molar-refractivity contribution in [2.24, 2.45) is 67.0 Å². The number of carboxylic acids is 1. The molecule has 0 aromatic carbocycles. The molecule has 65 heavy (non-hydrogen) atoms. The van der Waals surface area contributed by atoms with Gasteiger partial charge >= 0.3 is 29.8 Å². The first-order valence-electron chi connectivity index (χ1n) is 22.4. The lowest BCUT2D eigenvalue weighted by Gasteiger charge is -2.42. The Balaban J connectivity index is 1.52. The summed E-state index contributed by atoms with van der Waals surface area (Å²) < 4.78 is 20.3. The highest BCUT2D eigenvalue weighted by molar-refractivity contribution is 6.26. The standard InChI is InChI=1S/C46H60N6O13/c1-44(20-34(47)54)26(9-13-38(59)63-4)31-19-46-45(2,21-35(55)52-46)27(10-14-39(60)64-5)30(51-46)17-28-25(16-40(61)65-6)23(8-12-37(58)62-3)43(49-28)41-32(53)11-7-22-24(15-36(56)57)29(50-42(22)41)18-33(44)48-31/h17,22-27,29,31,51H,7-16,18-21H2,1-6H3,(H2,47,54)(H,52,55)(H,56,57)/b30-17?,43-41-/t22-,23-,24-,25-,26+,27+,29+,31-,44-,45-,46-/m0/s1. The largest absolute Gasteiger partial charge is 0.481 e. The Morgan fingerprint density at radius 3 is 2.11 bits per heavy atom. The number of primary amides is 1. The maximum atomic E-state index is 14.4. The van der Waals surface area contributed by atoms with Gasteiger partial charge in [-0.1, -0.05) is 13.8 Å². The van der Waals surface area contributed by atoms with Gasteiger partial charge in [-0.3, -0.25) is 53.3 Å². The molecule has 2 saturated heterocycles. The van der Waals surface area contributed by atoms with Gasteiger partial charge in [0.05, 0.1) is 70.3 Å². The van der Waals surface area contributed by atoms with Crippen molar-refractivity contribution in [3.05, 3.63) is 23.0 Å². The number of fused-ring (bicyclic) bond motifs is 4. The number of Topliss-reactive ketones (excluding diaryl/α,β-unsaturated/α-hetero) is 1. The molecule has 19 heteroatoms. The lowest BCUT2D eigenvalue weighted by Crippen LogP contribution is -2.59. The first kappa shape index (κ1) is 47.2. The third kappa shape index (κ3) is 8.62. The molecule has 1 aliphatic carbocycles. The zero-order valence-electron chi connectivity index (χ0n) is 37.9. The fourth-order valence-electron chi connectivity index (χ4n) is 12.4. The smallest absolute Gasteiger partial charge is 0.306 e. The Labute approximate surface area is 376 Å². The topological polar surface area (TPSA) is 281 Å². The van der Waals surface area contributed by atoms with Crippen molar-refractivity contribution in [3.63, 3.8) is 0 Å². The molecule has 0 unspecified atom stereocenters. The number of nitrogens with two attached hydrogens (primary N) is 1. The van der Waals surface area contributed by atoms with Crippen molar-refractivity contribution in [3.8, 4) is 0 Å². The van der Waals surface area contributed by atoms with E-state index in [1.807, 2.05) is 19.9 Å². The summed E-state index contributed by atoms with van der Waals surface area (Å²) in [5.41, 5.74) is 5.29. The van der Waals surface area contributed by atoms with E-state index in [1.54, 1.807) is 0 Å². The van der Waals surface area contributed by atoms with Crippen LogP contribution in [0.25, 0.3) is 0 Å². The van der Waals surface area contributed by atoms with E-state index in [2.05, 4.69) is 10.6 Å². The Bertz CT molecular complexity index is 2230. The number of carbonyl (C=O) groups excluding carboxylic acids is 7. The molecule has 1 spiro atoms. The highest BCUT2D eigenvalue weighted by atomic mass is 16.5. The highest BCUT2D eigenvalue weighted by Gasteiger charge is 2.66. The van der Waals surface area contributed by atoms with Gasteiger partial charge in [0.25, 0.3) is 0 Å². The fraction of sp³-hybridized carbons (Fsp3) is 0.674. The second kappa shape index (κ2) is 18.3. The van der Waals surface area contributed by atoms with E-state index < -0.39 is 99.8 Å². The Morgan fingerprint density at radius 1 is 0.831 bits per heavy atom. The summed E-state index contributed by atoms with van der Waals surface area (Å²) in [6.45, 7) is 3.84. The van der Waals surface area contributed by atoms with Gasteiger partial charge < -0.3 is 40.4 Å². The van der Waals surface area contributed by atoms with E-state index in [0.29, 0.717) is 34.9 Å². The molecule has 7 rings (SSSR count). The molecular formula is C46H60N6O13. The van der Waals surface area contributed by atoms with Crippen molar-refractivity contribution < 1.29 is 62.4 Å². The van der Waals surface area contributed by atoms with Crippen molar-refractivity contribution >= 4 is 64.6 Å². The number of ether oxygens (including phenoxy) is 4. The average Bonchev–Trinajstić information content (AvgIpc) is 3.95. The predicted octanol–water partition coefficient (Wildman–Crippen LogP) is 2.68. The Hall–Kier alpha value is -5.75. The van der Waals surface area contributed by atoms with E-state index in [4.69, 9.17) is 39.7 Å². The number of carbonyl (C=O) groups is 8. The van der Waals surface area contributed by atoms with Crippen LogP contribution >= 0.6 is 0 Å². The number of rotatable bonds is 15. The van der Waals surface area contributed by atoms with Crippen LogP contribution in [0.15, 0.2) is 38.0 Å². The normalized spacial score (nSPS) is 35.4. The van der Waals surface area contributed by atoms with E-state index in [1.165, 1.54) is 28.4 Å². The van der Waals surface area contributed by atoms with Crippen molar-refractivity contribution in [2.45, 2.75) is 121 Å². The lowest BCUT2D eigenvalue weighted by atomic mass is 9.63. The Kier molecular flexibility index (Phi) is 13.3. The molecule has 0 aromatic heterocycles. The van der Waals surface area contributed by atoms with Crippen LogP contribution in [0, 0.1) is 46.3 Å². The van der Waals surface area contributed by atoms with Gasteiger partial charge in [-0.2, -0.15) is 0 Å². The second-order valence-corrected chi connectivity index (χ2v) is 19.1. The molecule has 5 N–H and O–H groups in total. The van der Waals surface area contributed by atoms with Gasteiger partial charge in [0, 0.05) is 109 Å². The number of nitrogens with one attached hydrogen (secondary N) is 2. The number of allylic oxidation sites excluding steroid dienone is 4. The number of hydrogen-bond acceptors (Lipinski definition) is 16. The maximum absolute atomic E-state index is 14.4. The number of aliphatic carboxylic acids is 1. The van der Waals surface area contributed by atoms with Crippen LogP contribution in [-0.2, 0) is 57.3 Å². The molecule has 19 nitrogen and oxygen atoms in total. The molecule has 352 valence electrons. The summed E-state index contributed by atoms with van der Waals surface area (Å²) in [7, 11) is 5.12. The average molecular weight is 905 g/mol. The quantitative estimate of drug-likeness (QED) is 0.136. The molecule has 11 atom stereocenters. The predicted molar refractivity (Wildman–Crippen MR) is 231 cm³/mol.